The van der Waals surface area contributed by atoms with Crippen LogP contribution in [0.4, 0.5) is 5.69 Å². The number of rotatable bonds is 3. The van der Waals surface area contributed by atoms with E-state index in [4.69, 9.17) is 12.2 Å². The first-order valence-electron chi connectivity index (χ1n) is 5.21. The van der Waals surface area contributed by atoms with Gasteiger partial charge in [0.2, 0.25) is 0 Å². The van der Waals surface area contributed by atoms with Crippen molar-refractivity contribution in [3.05, 3.63) is 29.8 Å². The van der Waals surface area contributed by atoms with Gasteiger partial charge in [0.1, 0.15) is 0 Å². The number of anilines is 1. The molecule has 0 fully saturated rings. The number of hydrogen-bond acceptors (Lipinski definition) is 1. The number of para-hydroxylation sites is 1. The van der Waals surface area contributed by atoms with Crippen molar-refractivity contribution < 1.29 is 0 Å². The summed E-state index contributed by atoms with van der Waals surface area (Å²) in [6.45, 7) is 3.29. The van der Waals surface area contributed by atoms with Gasteiger partial charge in [-0.3, -0.25) is 0 Å². The van der Waals surface area contributed by atoms with Gasteiger partial charge in [-0.25, -0.2) is 0 Å². The van der Waals surface area contributed by atoms with E-state index >= 15 is 0 Å². The maximum Gasteiger partial charge on any atom is 0.0868 e. The van der Waals surface area contributed by atoms with E-state index in [1.54, 1.807) is 0 Å². The molecule has 0 amide bonds. The van der Waals surface area contributed by atoms with Gasteiger partial charge in [-0.05, 0) is 18.1 Å². The summed E-state index contributed by atoms with van der Waals surface area (Å²) in [5, 5.41) is 0. The highest BCUT2D eigenvalue weighted by molar-refractivity contribution is 7.80. The zero-order chi connectivity index (χ0) is 9.97. The van der Waals surface area contributed by atoms with Crippen LogP contribution in [0.25, 0.3) is 0 Å². The minimum Gasteiger partial charge on any atom is -0.336 e. The molecule has 1 heterocycles. The van der Waals surface area contributed by atoms with Crippen LogP contribution >= 0.6 is 12.2 Å². The average Bonchev–Trinajstić information content (AvgIpc) is 2.51. The first-order valence-corrected chi connectivity index (χ1v) is 5.62. The lowest BCUT2D eigenvalue weighted by Crippen LogP contribution is -2.26. The number of benzene rings is 1. The predicted octanol–water partition coefficient (Wildman–Crippen LogP) is 3.18. The molecular weight excluding hydrogens is 190 g/mol. The summed E-state index contributed by atoms with van der Waals surface area (Å²) < 4.78 is 0. The van der Waals surface area contributed by atoms with Crippen molar-refractivity contribution in [1.82, 2.24) is 0 Å². The second kappa shape index (κ2) is 4.09. The zero-order valence-electron chi connectivity index (χ0n) is 8.49. The molecule has 1 nitrogen and oxygen atoms in total. The monoisotopic (exact) mass is 205 g/mol. The summed E-state index contributed by atoms with van der Waals surface area (Å²) in [6.07, 6.45) is 3.39. The minimum absolute atomic E-state index is 0.954. The summed E-state index contributed by atoms with van der Waals surface area (Å²) in [6, 6.07) is 8.52. The van der Waals surface area contributed by atoms with Crippen molar-refractivity contribution >= 4 is 22.9 Å². The van der Waals surface area contributed by atoms with Gasteiger partial charge in [-0.2, -0.15) is 0 Å². The predicted molar refractivity (Wildman–Crippen MR) is 65.0 cm³/mol. The molecule has 0 radical (unpaired) electrons. The fraction of sp³-hybridized carbons (Fsp3) is 0.417. The largest absolute Gasteiger partial charge is 0.336 e. The molecule has 1 aliphatic rings. The van der Waals surface area contributed by atoms with E-state index in [0.717, 1.165) is 18.0 Å². The molecule has 0 N–H and O–H groups in total. The van der Waals surface area contributed by atoms with E-state index in [0.29, 0.717) is 0 Å². The summed E-state index contributed by atoms with van der Waals surface area (Å²) >= 11 is 5.38. The molecule has 74 valence electrons. The molecule has 2 heteroatoms. The molecular formula is C12H15NS. The second-order valence-corrected chi connectivity index (χ2v) is 4.18. The topological polar surface area (TPSA) is 3.24 Å². The fourth-order valence-corrected chi connectivity index (χ4v) is 2.22. The van der Waals surface area contributed by atoms with E-state index in [9.17, 15) is 0 Å². The molecule has 1 aliphatic heterocycles. The molecule has 0 unspecified atom stereocenters. The summed E-state index contributed by atoms with van der Waals surface area (Å²) in [5.41, 5.74) is 2.71. The van der Waals surface area contributed by atoms with Crippen molar-refractivity contribution in [3.63, 3.8) is 0 Å². The van der Waals surface area contributed by atoms with Crippen LogP contribution in [0.3, 0.4) is 0 Å². The highest BCUT2D eigenvalue weighted by Crippen LogP contribution is 2.29. The van der Waals surface area contributed by atoms with Crippen molar-refractivity contribution in [2.45, 2.75) is 26.2 Å². The molecule has 0 spiro atoms. The maximum atomic E-state index is 5.38. The molecule has 2 rings (SSSR count). The van der Waals surface area contributed by atoms with Crippen LogP contribution in [0.15, 0.2) is 24.3 Å². The molecule has 0 saturated heterocycles. The molecule has 1 aromatic carbocycles. The number of fused-ring (bicyclic) bond motifs is 1. The zero-order valence-corrected chi connectivity index (χ0v) is 9.31. The molecule has 0 saturated carbocycles. The van der Waals surface area contributed by atoms with Gasteiger partial charge >= 0.3 is 0 Å². The first-order chi connectivity index (χ1) is 6.83. The van der Waals surface area contributed by atoms with Gasteiger partial charge in [0.05, 0.1) is 4.99 Å². The Kier molecular flexibility index (Phi) is 2.82. The Balaban J connectivity index is 2.21. The van der Waals surface area contributed by atoms with Crippen molar-refractivity contribution in [2.24, 2.45) is 0 Å². The lowest BCUT2D eigenvalue weighted by molar-refractivity contribution is 0.800. The van der Waals surface area contributed by atoms with Gasteiger partial charge < -0.3 is 4.90 Å². The Bertz CT molecular complexity index is 346. The molecule has 14 heavy (non-hydrogen) atoms. The Morgan fingerprint density at radius 2 is 2.14 bits per heavy atom. The average molecular weight is 205 g/mol. The van der Waals surface area contributed by atoms with Crippen LogP contribution < -0.4 is 4.90 Å². The van der Waals surface area contributed by atoms with Crippen molar-refractivity contribution in [2.75, 3.05) is 11.4 Å². The Morgan fingerprint density at radius 3 is 2.93 bits per heavy atom. The lowest BCUT2D eigenvalue weighted by atomic mass is 10.2. The quantitative estimate of drug-likeness (QED) is 0.697. The SMILES string of the molecule is CCCCN1C(=S)Cc2ccccc21. The number of hydrogen-bond donors (Lipinski definition) is 0. The van der Waals surface area contributed by atoms with Gasteiger partial charge in [0.15, 0.2) is 0 Å². The smallest absolute Gasteiger partial charge is 0.0868 e. The van der Waals surface area contributed by atoms with Crippen LogP contribution in [-0.2, 0) is 6.42 Å². The normalized spacial score (nSPS) is 14.6. The molecule has 0 atom stereocenters. The van der Waals surface area contributed by atoms with Crippen molar-refractivity contribution in [1.29, 1.82) is 0 Å². The van der Waals surface area contributed by atoms with E-state index in [-0.39, 0.29) is 0 Å². The highest BCUT2D eigenvalue weighted by atomic mass is 32.1. The molecule has 0 aromatic heterocycles. The summed E-state index contributed by atoms with van der Waals surface area (Å²) in [4.78, 5) is 3.37. The van der Waals surface area contributed by atoms with Crippen LogP contribution in [0, 0.1) is 0 Å². The Hall–Kier alpha value is -0.890. The number of nitrogens with zero attached hydrogens (tertiary/aromatic N) is 1. The van der Waals surface area contributed by atoms with E-state index in [1.165, 1.54) is 24.1 Å². The molecule has 0 bridgehead atoms. The summed E-state index contributed by atoms with van der Waals surface area (Å²) in [5.74, 6) is 0. The van der Waals surface area contributed by atoms with Crippen molar-refractivity contribution in [3.8, 4) is 0 Å². The van der Waals surface area contributed by atoms with Crippen LogP contribution in [-0.4, -0.2) is 11.5 Å². The van der Waals surface area contributed by atoms with Gasteiger partial charge in [-0.15, -0.1) is 0 Å². The molecule has 1 aromatic rings. The fourth-order valence-electron chi connectivity index (χ4n) is 1.88. The maximum absolute atomic E-state index is 5.38. The number of thiocarbonyl (C=S) groups is 1. The van der Waals surface area contributed by atoms with Gasteiger partial charge in [0, 0.05) is 18.7 Å². The summed E-state index contributed by atoms with van der Waals surface area (Å²) in [7, 11) is 0. The van der Waals surface area contributed by atoms with E-state index in [2.05, 4.69) is 36.1 Å². The van der Waals surface area contributed by atoms with Crippen LogP contribution in [0.1, 0.15) is 25.3 Å². The third-order valence-electron chi connectivity index (χ3n) is 2.66. The van der Waals surface area contributed by atoms with E-state index < -0.39 is 0 Å². The standard InChI is InChI=1S/C12H15NS/c1-2-3-8-13-11-7-5-4-6-10(11)9-12(13)14/h4-7H,2-3,8-9H2,1H3. The first kappa shape index (κ1) is 9.66. The van der Waals surface area contributed by atoms with E-state index in [1.807, 2.05) is 0 Å². The van der Waals surface area contributed by atoms with Gasteiger partial charge in [0.25, 0.3) is 0 Å². The second-order valence-electron chi connectivity index (χ2n) is 3.70. The van der Waals surface area contributed by atoms with Crippen LogP contribution in [0.2, 0.25) is 0 Å². The third-order valence-corrected chi connectivity index (χ3v) is 3.03. The molecule has 0 aliphatic carbocycles. The highest BCUT2D eigenvalue weighted by Gasteiger charge is 2.22. The third kappa shape index (κ3) is 1.67. The Labute approximate surface area is 90.7 Å². The Morgan fingerprint density at radius 1 is 1.36 bits per heavy atom. The number of unbranched alkanes of at least 4 members (excludes halogenated alkanes) is 1. The van der Waals surface area contributed by atoms with Gasteiger partial charge in [-0.1, -0.05) is 43.8 Å². The van der Waals surface area contributed by atoms with Crippen LogP contribution in [0.5, 0.6) is 0 Å². The minimum atomic E-state index is 0.954. The lowest BCUT2D eigenvalue weighted by Gasteiger charge is -2.18.